The molecular weight excluding hydrogens is 406 g/mol. The van der Waals surface area contributed by atoms with E-state index in [1.807, 2.05) is 0 Å². The van der Waals surface area contributed by atoms with E-state index in [0.29, 0.717) is 6.04 Å². The monoisotopic (exact) mass is 437 g/mol. The zero-order valence-electron chi connectivity index (χ0n) is 18.5. The third kappa shape index (κ3) is 4.46. The van der Waals surface area contributed by atoms with Crippen molar-refractivity contribution in [1.82, 2.24) is 19.8 Å². The highest BCUT2D eigenvalue weighted by molar-refractivity contribution is 7.17. The third-order valence-electron chi connectivity index (χ3n) is 6.44. The summed E-state index contributed by atoms with van der Waals surface area (Å²) in [4.78, 5) is 18.6. The van der Waals surface area contributed by atoms with Gasteiger partial charge < -0.3 is 14.5 Å². The number of anilines is 1. The Balaban J connectivity index is 1.57. The molecule has 4 heterocycles. The summed E-state index contributed by atoms with van der Waals surface area (Å²) in [5.74, 6) is 2.04. The van der Waals surface area contributed by atoms with Gasteiger partial charge in [-0.05, 0) is 32.5 Å². The lowest BCUT2D eigenvalue weighted by Gasteiger charge is -2.37. The highest BCUT2D eigenvalue weighted by atomic mass is 32.1. The largest absolute Gasteiger partial charge is 0.379 e. The van der Waals surface area contributed by atoms with Crippen LogP contribution in [0.5, 0.6) is 0 Å². The predicted octanol–water partition coefficient (Wildman–Crippen LogP) is 3.72. The fourth-order valence-corrected chi connectivity index (χ4v) is 5.58. The van der Waals surface area contributed by atoms with Gasteiger partial charge in [0.2, 0.25) is 0 Å². The molecule has 1 unspecified atom stereocenters. The van der Waals surface area contributed by atoms with Crippen molar-refractivity contribution >= 4 is 27.4 Å². The van der Waals surface area contributed by atoms with Gasteiger partial charge in [0.1, 0.15) is 16.5 Å². The van der Waals surface area contributed by atoms with Crippen molar-refractivity contribution in [2.45, 2.75) is 25.4 Å². The Morgan fingerprint density at radius 3 is 2.68 bits per heavy atom. The number of benzene rings is 1. The molecule has 7 heteroatoms. The van der Waals surface area contributed by atoms with Gasteiger partial charge in [-0.3, -0.25) is 4.90 Å². The van der Waals surface area contributed by atoms with Crippen molar-refractivity contribution in [3.05, 3.63) is 41.5 Å². The lowest BCUT2D eigenvalue weighted by Crippen LogP contribution is -2.45. The van der Waals surface area contributed by atoms with Gasteiger partial charge in [-0.2, -0.15) is 0 Å². The number of morpholine rings is 1. The van der Waals surface area contributed by atoms with E-state index in [4.69, 9.17) is 14.7 Å². The molecule has 0 spiro atoms. The third-order valence-corrected chi connectivity index (χ3v) is 7.31. The average Bonchev–Trinajstić information content (AvgIpc) is 3.24. The summed E-state index contributed by atoms with van der Waals surface area (Å²) in [5.41, 5.74) is 2.49. The summed E-state index contributed by atoms with van der Waals surface area (Å²) in [6.07, 6.45) is 2.44. The van der Waals surface area contributed by atoms with E-state index in [1.165, 1.54) is 29.4 Å². The van der Waals surface area contributed by atoms with Crippen LogP contribution in [0.2, 0.25) is 0 Å². The number of nitrogens with zero attached hydrogens (tertiary/aromatic N) is 5. The first kappa shape index (κ1) is 20.8. The number of likely N-dealkylation sites (N-methyl/N-ethyl adjacent to an activating group) is 1. The van der Waals surface area contributed by atoms with E-state index in [-0.39, 0.29) is 0 Å². The van der Waals surface area contributed by atoms with E-state index < -0.39 is 0 Å². The fraction of sp³-hybridized carbons (Fsp3) is 0.500. The Bertz CT molecular complexity index is 1020. The summed E-state index contributed by atoms with van der Waals surface area (Å²) < 4.78 is 5.52. The van der Waals surface area contributed by atoms with Gasteiger partial charge in [-0.25, -0.2) is 9.97 Å². The molecule has 1 aromatic carbocycles. The van der Waals surface area contributed by atoms with E-state index in [1.54, 1.807) is 11.3 Å². The molecule has 2 fully saturated rings. The van der Waals surface area contributed by atoms with Crippen LogP contribution in [0.15, 0.2) is 35.7 Å². The maximum atomic E-state index is 5.52. The van der Waals surface area contributed by atoms with Crippen LogP contribution in [0.1, 0.15) is 18.7 Å². The maximum Gasteiger partial charge on any atom is 0.146 e. The molecule has 3 aromatic rings. The van der Waals surface area contributed by atoms with Crippen LogP contribution in [0.3, 0.4) is 0 Å². The van der Waals surface area contributed by atoms with Gasteiger partial charge in [0.15, 0.2) is 0 Å². The first-order valence-electron chi connectivity index (χ1n) is 11.2. The molecule has 2 aliphatic rings. The van der Waals surface area contributed by atoms with Crippen LogP contribution in [0.25, 0.3) is 21.3 Å². The van der Waals surface area contributed by atoms with Gasteiger partial charge >= 0.3 is 0 Å². The number of thiophene rings is 1. The maximum absolute atomic E-state index is 5.52. The quantitative estimate of drug-likeness (QED) is 0.606. The van der Waals surface area contributed by atoms with Crippen LogP contribution in [-0.2, 0) is 11.3 Å². The summed E-state index contributed by atoms with van der Waals surface area (Å²) in [6, 6.07) is 11.2. The number of aromatic nitrogens is 2. The zero-order valence-corrected chi connectivity index (χ0v) is 19.3. The molecule has 2 aliphatic heterocycles. The van der Waals surface area contributed by atoms with Gasteiger partial charge in [0.25, 0.3) is 0 Å². The molecule has 2 saturated heterocycles. The average molecular weight is 438 g/mol. The minimum atomic E-state index is 0.556. The first-order valence-corrected chi connectivity index (χ1v) is 12.1. The minimum Gasteiger partial charge on any atom is -0.379 e. The molecule has 6 nitrogen and oxygen atoms in total. The van der Waals surface area contributed by atoms with Crippen LogP contribution in [0.4, 0.5) is 5.82 Å². The van der Waals surface area contributed by atoms with Crippen molar-refractivity contribution < 1.29 is 4.74 Å². The van der Waals surface area contributed by atoms with Gasteiger partial charge in [-0.1, -0.05) is 30.3 Å². The van der Waals surface area contributed by atoms with Crippen LogP contribution >= 0.6 is 11.3 Å². The standard InChI is InChI=1S/C24H31N5OS/c1-27(2)19-9-6-10-29(15-19)23-22-20(18-7-4-3-5-8-18)17-31-24(22)26-21(25-23)16-28-11-13-30-14-12-28/h3-5,7-8,17,19H,6,9-16H2,1-2H3. The number of hydrogen-bond donors (Lipinski definition) is 0. The Morgan fingerprint density at radius 2 is 1.90 bits per heavy atom. The molecule has 0 saturated carbocycles. The zero-order chi connectivity index (χ0) is 21.2. The molecule has 0 bridgehead atoms. The number of piperidine rings is 1. The lowest BCUT2D eigenvalue weighted by molar-refractivity contribution is 0.0331. The van der Waals surface area contributed by atoms with Crippen molar-refractivity contribution in [3.8, 4) is 11.1 Å². The Kier molecular flexibility index (Phi) is 6.18. The highest BCUT2D eigenvalue weighted by Gasteiger charge is 2.26. The Morgan fingerprint density at radius 1 is 1.10 bits per heavy atom. The minimum absolute atomic E-state index is 0.556. The molecule has 0 radical (unpaired) electrons. The lowest BCUT2D eigenvalue weighted by atomic mass is 10.0. The van der Waals surface area contributed by atoms with Crippen LogP contribution in [-0.4, -0.2) is 79.3 Å². The van der Waals surface area contributed by atoms with Gasteiger partial charge in [0, 0.05) is 43.2 Å². The fourth-order valence-electron chi connectivity index (χ4n) is 4.62. The molecule has 0 aliphatic carbocycles. The summed E-state index contributed by atoms with van der Waals surface area (Å²) in [7, 11) is 4.38. The van der Waals surface area contributed by atoms with Crippen molar-refractivity contribution in [2.75, 3.05) is 58.4 Å². The predicted molar refractivity (Wildman–Crippen MR) is 128 cm³/mol. The SMILES string of the molecule is CN(C)C1CCCN(c2nc(CN3CCOCC3)nc3scc(-c4ccccc4)c23)C1. The van der Waals surface area contributed by atoms with Crippen molar-refractivity contribution in [2.24, 2.45) is 0 Å². The van der Waals surface area contributed by atoms with Crippen molar-refractivity contribution in [3.63, 3.8) is 0 Å². The molecule has 1 atom stereocenters. The molecule has 164 valence electrons. The number of ether oxygens (including phenoxy) is 1. The number of rotatable bonds is 5. The number of hydrogen-bond acceptors (Lipinski definition) is 7. The molecule has 31 heavy (non-hydrogen) atoms. The topological polar surface area (TPSA) is 44.7 Å². The second-order valence-corrected chi connectivity index (χ2v) is 9.61. The summed E-state index contributed by atoms with van der Waals surface area (Å²) in [5, 5.41) is 3.46. The van der Waals surface area contributed by atoms with Gasteiger partial charge in [-0.15, -0.1) is 11.3 Å². The van der Waals surface area contributed by atoms with E-state index in [0.717, 1.165) is 62.4 Å². The highest BCUT2D eigenvalue weighted by Crippen LogP contribution is 2.39. The smallest absolute Gasteiger partial charge is 0.146 e. The van der Waals surface area contributed by atoms with Gasteiger partial charge in [0.05, 0.1) is 25.1 Å². The normalized spacial score (nSPS) is 20.6. The van der Waals surface area contributed by atoms with Crippen LogP contribution in [0, 0.1) is 0 Å². The number of fused-ring (bicyclic) bond motifs is 1. The summed E-state index contributed by atoms with van der Waals surface area (Å²) >= 11 is 1.74. The molecule has 0 amide bonds. The van der Waals surface area contributed by atoms with Crippen LogP contribution < -0.4 is 4.90 Å². The van der Waals surface area contributed by atoms with E-state index in [2.05, 4.69) is 64.5 Å². The Hall–Kier alpha value is -2.06. The molecular formula is C24H31N5OS. The second-order valence-electron chi connectivity index (χ2n) is 8.75. The summed E-state index contributed by atoms with van der Waals surface area (Å²) in [6.45, 7) is 6.34. The Labute approximate surface area is 188 Å². The molecule has 2 aromatic heterocycles. The van der Waals surface area contributed by atoms with E-state index >= 15 is 0 Å². The second kappa shape index (κ2) is 9.20. The first-order chi connectivity index (χ1) is 15.2. The van der Waals surface area contributed by atoms with Crippen molar-refractivity contribution in [1.29, 1.82) is 0 Å². The van der Waals surface area contributed by atoms with E-state index in [9.17, 15) is 0 Å². The molecule has 5 rings (SSSR count). The molecule has 0 N–H and O–H groups in total.